The monoisotopic (exact) mass is 280 g/mol. The highest BCUT2D eigenvalue weighted by Gasteiger charge is 2.24. The fourth-order valence-corrected chi connectivity index (χ4v) is 3.59. The number of hydrogen-bond donors (Lipinski definition) is 1. The molecule has 0 spiro atoms. The normalized spacial score (nSPS) is 18.0. The minimum Gasteiger partial charge on any atom is -0.507 e. The Kier molecular flexibility index (Phi) is 2.58. The number of benzene rings is 2. The van der Waals surface area contributed by atoms with Crippen LogP contribution in [0.25, 0.3) is 21.7 Å². The molecule has 0 radical (unpaired) electrons. The third-order valence-electron chi connectivity index (χ3n) is 4.60. The molecule has 3 aromatic rings. The highest BCUT2D eigenvalue weighted by Crippen LogP contribution is 2.38. The van der Waals surface area contributed by atoms with E-state index in [1.165, 1.54) is 0 Å². The van der Waals surface area contributed by atoms with Crippen molar-refractivity contribution < 1.29 is 9.52 Å². The molecule has 1 aliphatic rings. The lowest BCUT2D eigenvalue weighted by Gasteiger charge is -2.22. The van der Waals surface area contributed by atoms with Crippen LogP contribution in [-0.4, -0.2) is 5.11 Å². The summed E-state index contributed by atoms with van der Waals surface area (Å²) in [6.45, 7) is 2.17. The number of fused-ring (bicyclic) bond motifs is 5. The molecular weight excluding hydrogens is 264 g/mol. The van der Waals surface area contributed by atoms with Crippen molar-refractivity contribution in [1.82, 2.24) is 0 Å². The second-order valence-corrected chi connectivity index (χ2v) is 5.89. The van der Waals surface area contributed by atoms with Crippen LogP contribution in [-0.2, 0) is 6.42 Å². The molecule has 106 valence electrons. The summed E-state index contributed by atoms with van der Waals surface area (Å²) in [5, 5.41) is 12.5. The second-order valence-electron chi connectivity index (χ2n) is 5.89. The van der Waals surface area contributed by atoms with Gasteiger partial charge in [0.15, 0.2) is 0 Å². The van der Waals surface area contributed by atoms with Crippen LogP contribution < -0.4 is 5.63 Å². The van der Waals surface area contributed by atoms with Gasteiger partial charge in [-0.05, 0) is 42.9 Å². The number of phenolic OH excluding ortho intramolecular Hbond substituents is 1. The highest BCUT2D eigenvalue weighted by atomic mass is 16.4. The molecule has 1 N–H and O–H groups in total. The Balaban J connectivity index is 2.22. The Hall–Kier alpha value is -2.29. The summed E-state index contributed by atoms with van der Waals surface area (Å²) < 4.78 is 5.61. The zero-order chi connectivity index (χ0) is 14.6. The second kappa shape index (κ2) is 4.35. The molecule has 0 unspecified atom stereocenters. The summed E-state index contributed by atoms with van der Waals surface area (Å²) in [5.74, 6) is 0.581. The predicted octanol–water partition coefficient (Wildman–Crippen LogP) is 4.09. The Bertz CT molecular complexity index is 921. The van der Waals surface area contributed by atoms with Crippen LogP contribution in [0, 0.1) is 0 Å². The van der Waals surface area contributed by atoms with Gasteiger partial charge in [0.1, 0.15) is 11.3 Å². The molecule has 21 heavy (non-hydrogen) atoms. The van der Waals surface area contributed by atoms with Crippen LogP contribution in [0.15, 0.2) is 39.5 Å². The van der Waals surface area contributed by atoms with Gasteiger partial charge in [-0.25, -0.2) is 4.79 Å². The molecule has 0 saturated heterocycles. The fraction of sp³-hybridized carbons (Fsp3) is 0.278. The average molecular weight is 280 g/mol. The summed E-state index contributed by atoms with van der Waals surface area (Å²) in [5.41, 5.74) is 2.35. The Labute approximate surface area is 121 Å². The number of hydrogen-bond acceptors (Lipinski definition) is 3. The molecule has 0 bridgehead atoms. The van der Waals surface area contributed by atoms with Crippen molar-refractivity contribution in [2.75, 3.05) is 0 Å². The zero-order valence-electron chi connectivity index (χ0n) is 11.8. The highest BCUT2D eigenvalue weighted by molar-refractivity contribution is 6.07. The number of phenols is 1. The van der Waals surface area contributed by atoms with Crippen molar-refractivity contribution in [3.05, 3.63) is 51.9 Å². The van der Waals surface area contributed by atoms with E-state index in [0.717, 1.165) is 46.5 Å². The molecule has 0 amide bonds. The van der Waals surface area contributed by atoms with Crippen molar-refractivity contribution in [3.63, 3.8) is 0 Å². The van der Waals surface area contributed by atoms with Crippen LogP contribution in [0.5, 0.6) is 5.75 Å². The molecule has 0 aliphatic heterocycles. The molecule has 0 saturated carbocycles. The molecule has 4 rings (SSSR count). The number of rotatable bonds is 0. The van der Waals surface area contributed by atoms with E-state index in [-0.39, 0.29) is 11.4 Å². The third-order valence-corrected chi connectivity index (χ3v) is 4.60. The van der Waals surface area contributed by atoms with Crippen LogP contribution >= 0.6 is 0 Å². The topological polar surface area (TPSA) is 50.4 Å². The van der Waals surface area contributed by atoms with Crippen molar-refractivity contribution in [1.29, 1.82) is 0 Å². The van der Waals surface area contributed by atoms with E-state index in [1.54, 1.807) is 12.1 Å². The van der Waals surface area contributed by atoms with Gasteiger partial charge < -0.3 is 9.52 Å². The Morgan fingerprint density at radius 2 is 1.95 bits per heavy atom. The van der Waals surface area contributed by atoms with Gasteiger partial charge in [-0.15, -0.1) is 0 Å². The molecule has 3 heteroatoms. The van der Waals surface area contributed by atoms with E-state index in [2.05, 4.69) is 6.92 Å². The lowest BCUT2D eigenvalue weighted by Crippen LogP contribution is -2.18. The quantitative estimate of drug-likeness (QED) is 0.498. The average Bonchev–Trinajstić information content (AvgIpc) is 2.48. The zero-order valence-corrected chi connectivity index (χ0v) is 11.8. The van der Waals surface area contributed by atoms with Gasteiger partial charge in [-0.1, -0.05) is 25.1 Å². The van der Waals surface area contributed by atoms with E-state index in [1.807, 2.05) is 18.2 Å². The van der Waals surface area contributed by atoms with Gasteiger partial charge in [0.25, 0.3) is 0 Å². The molecule has 0 fully saturated rings. The molecule has 1 atom stereocenters. The van der Waals surface area contributed by atoms with Crippen molar-refractivity contribution in [2.45, 2.75) is 32.1 Å². The molecule has 1 heterocycles. The Morgan fingerprint density at radius 1 is 1.14 bits per heavy atom. The fourth-order valence-electron chi connectivity index (χ4n) is 3.59. The number of aromatic hydroxyl groups is 1. The molecule has 1 aliphatic carbocycles. The first-order valence-corrected chi connectivity index (χ1v) is 7.37. The maximum absolute atomic E-state index is 12.3. The molecule has 3 nitrogen and oxygen atoms in total. The standard InChI is InChI=1S/C18H16O3/c1-10-4-2-6-14-16(10)13-9-8-11-12(5-3-7-15(11)19)17(13)21-18(14)20/h3,5,7-10,19H,2,4,6H2,1H3/t10-/m1/s1. The van der Waals surface area contributed by atoms with E-state index in [0.29, 0.717) is 11.5 Å². The van der Waals surface area contributed by atoms with Gasteiger partial charge in [0.05, 0.1) is 0 Å². The third kappa shape index (κ3) is 1.70. The van der Waals surface area contributed by atoms with Gasteiger partial charge in [0, 0.05) is 21.7 Å². The van der Waals surface area contributed by atoms with Gasteiger partial charge in [-0.2, -0.15) is 0 Å². The van der Waals surface area contributed by atoms with Crippen LogP contribution in [0.3, 0.4) is 0 Å². The molecular formula is C18H16O3. The SMILES string of the molecule is C[C@@H]1CCCc2c1c1ccc3c(O)cccc3c1oc2=O. The minimum absolute atomic E-state index is 0.211. The van der Waals surface area contributed by atoms with E-state index in [4.69, 9.17) is 4.42 Å². The van der Waals surface area contributed by atoms with Gasteiger partial charge >= 0.3 is 5.63 Å². The predicted molar refractivity (Wildman–Crippen MR) is 83.0 cm³/mol. The van der Waals surface area contributed by atoms with Gasteiger partial charge in [-0.3, -0.25) is 0 Å². The first-order chi connectivity index (χ1) is 10.2. The van der Waals surface area contributed by atoms with Crippen LogP contribution in [0.1, 0.15) is 36.8 Å². The minimum atomic E-state index is -0.222. The van der Waals surface area contributed by atoms with Gasteiger partial charge in [0.2, 0.25) is 0 Å². The van der Waals surface area contributed by atoms with Crippen molar-refractivity contribution in [2.24, 2.45) is 0 Å². The van der Waals surface area contributed by atoms with E-state index in [9.17, 15) is 9.90 Å². The maximum Gasteiger partial charge on any atom is 0.339 e. The van der Waals surface area contributed by atoms with Crippen molar-refractivity contribution >= 4 is 21.7 Å². The summed E-state index contributed by atoms with van der Waals surface area (Å²) >= 11 is 0. The van der Waals surface area contributed by atoms with Crippen molar-refractivity contribution in [3.8, 4) is 5.75 Å². The van der Waals surface area contributed by atoms with Crippen LogP contribution in [0.4, 0.5) is 0 Å². The summed E-state index contributed by atoms with van der Waals surface area (Å²) in [6, 6.07) is 9.20. The van der Waals surface area contributed by atoms with E-state index >= 15 is 0 Å². The first kappa shape index (κ1) is 12.5. The molecule has 2 aromatic carbocycles. The smallest absolute Gasteiger partial charge is 0.339 e. The lowest BCUT2D eigenvalue weighted by molar-refractivity contribution is 0.481. The molecule has 1 aromatic heterocycles. The van der Waals surface area contributed by atoms with E-state index < -0.39 is 0 Å². The Morgan fingerprint density at radius 3 is 2.81 bits per heavy atom. The van der Waals surface area contributed by atoms with Crippen LogP contribution in [0.2, 0.25) is 0 Å². The summed E-state index contributed by atoms with van der Waals surface area (Å²) in [7, 11) is 0. The largest absolute Gasteiger partial charge is 0.507 e. The first-order valence-electron chi connectivity index (χ1n) is 7.37. The maximum atomic E-state index is 12.3. The summed E-state index contributed by atoms with van der Waals surface area (Å²) in [6.07, 6.45) is 2.94. The summed E-state index contributed by atoms with van der Waals surface area (Å²) in [4.78, 5) is 12.3. The lowest BCUT2D eigenvalue weighted by atomic mass is 9.82.